The van der Waals surface area contributed by atoms with Crippen molar-refractivity contribution in [2.75, 3.05) is 32.5 Å². The van der Waals surface area contributed by atoms with Crippen LogP contribution in [-0.2, 0) is 11.3 Å². The zero-order chi connectivity index (χ0) is 33.2. The number of benzene rings is 2. The Morgan fingerprint density at radius 2 is 1.83 bits per heavy atom. The zero-order valence-electron chi connectivity index (χ0n) is 27.4. The van der Waals surface area contributed by atoms with Crippen molar-refractivity contribution in [3.8, 4) is 5.75 Å². The number of nitrogens with zero attached hydrogens (tertiary/aromatic N) is 3. The number of aryl methyl sites for hydroxylation is 1. The minimum absolute atomic E-state index is 0.0509. The summed E-state index contributed by atoms with van der Waals surface area (Å²) in [6.07, 6.45) is 6.57. The van der Waals surface area contributed by atoms with Crippen molar-refractivity contribution in [3.63, 3.8) is 0 Å². The lowest BCUT2D eigenvalue weighted by Gasteiger charge is -2.41. The smallest absolute Gasteiger partial charge is 0.251 e. The van der Waals surface area contributed by atoms with Crippen LogP contribution in [-0.4, -0.2) is 71.1 Å². The van der Waals surface area contributed by atoms with Gasteiger partial charge in [-0.2, -0.15) is 0 Å². The van der Waals surface area contributed by atoms with Crippen molar-refractivity contribution in [1.29, 1.82) is 5.41 Å². The lowest BCUT2D eigenvalue weighted by Crippen LogP contribution is -2.57. The second-order valence-corrected chi connectivity index (χ2v) is 12.0. The summed E-state index contributed by atoms with van der Waals surface area (Å²) in [5.41, 5.74) is 9.50. The average Bonchev–Trinajstić information content (AvgIpc) is 3.05. The third-order valence-corrected chi connectivity index (χ3v) is 8.61. The number of carbonyl (C=O) groups is 2. The van der Waals surface area contributed by atoms with Crippen LogP contribution >= 0.6 is 0 Å². The molecule has 2 heterocycles. The molecule has 3 aromatic rings. The topological polar surface area (TPSA) is 125 Å². The molecule has 9 nitrogen and oxygen atoms in total. The molecule has 2 aromatic carbocycles. The summed E-state index contributed by atoms with van der Waals surface area (Å²) >= 11 is 0. The molecule has 1 fully saturated rings. The number of unbranched alkanes of at least 4 members (excludes halogenated alkanes) is 2. The first kappa shape index (κ1) is 34.6. The summed E-state index contributed by atoms with van der Waals surface area (Å²) in [4.78, 5) is 35.7. The number of anilines is 1. The van der Waals surface area contributed by atoms with Crippen LogP contribution in [0.5, 0.6) is 5.75 Å². The molecule has 4 N–H and O–H groups in total. The Morgan fingerprint density at radius 1 is 1.09 bits per heavy atom. The monoisotopic (exact) mass is 630 g/mol. The van der Waals surface area contributed by atoms with E-state index in [-0.39, 0.29) is 30.1 Å². The number of ether oxygens (including phenoxy) is 1. The number of nitrogen functional groups attached to an aromatic ring is 1. The van der Waals surface area contributed by atoms with Gasteiger partial charge in [-0.15, -0.1) is 0 Å². The highest BCUT2D eigenvalue weighted by atomic mass is 19.1. The molecule has 0 unspecified atom stereocenters. The zero-order valence-corrected chi connectivity index (χ0v) is 27.4. The maximum atomic E-state index is 15.1. The van der Waals surface area contributed by atoms with E-state index in [9.17, 15) is 9.59 Å². The molecule has 0 aliphatic carbocycles. The van der Waals surface area contributed by atoms with Crippen LogP contribution in [0.25, 0.3) is 0 Å². The first-order valence-electron chi connectivity index (χ1n) is 16.2. The maximum Gasteiger partial charge on any atom is 0.251 e. The van der Waals surface area contributed by atoms with E-state index in [2.05, 4.69) is 24.1 Å². The van der Waals surface area contributed by atoms with Gasteiger partial charge in [0, 0.05) is 72.1 Å². The molecule has 1 aromatic heterocycles. The van der Waals surface area contributed by atoms with Gasteiger partial charge in [0.05, 0.1) is 18.9 Å². The third kappa shape index (κ3) is 8.48. The number of methoxy groups -OCH3 is 1. The number of nitrogens with one attached hydrogen (secondary N) is 2. The minimum atomic E-state index is -0.446. The van der Waals surface area contributed by atoms with Gasteiger partial charge in [-0.05, 0) is 75.1 Å². The van der Waals surface area contributed by atoms with Crippen molar-refractivity contribution >= 4 is 23.2 Å². The molecular weight excluding hydrogens is 583 g/mol. The molecule has 0 spiro atoms. The molecule has 10 heteroatoms. The fourth-order valence-corrected chi connectivity index (χ4v) is 5.98. The molecule has 46 heavy (non-hydrogen) atoms. The second-order valence-electron chi connectivity index (χ2n) is 12.0. The van der Waals surface area contributed by atoms with Gasteiger partial charge in [-0.1, -0.05) is 32.8 Å². The third-order valence-electron chi connectivity index (χ3n) is 8.61. The number of pyridine rings is 1. The number of piperidine rings is 1. The van der Waals surface area contributed by atoms with E-state index in [4.69, 9.17) is 15.9 Å². The van der Waals surface area contributed by atoms with Crippen LogP contribution in [0.1, 0.15) is 85.1 Å². The Hall–Kier alpha value is -4.31. The van der Waals surface area contributed by atoms with Crippen LogP contribution in [0.15, 0.2) is 54.7 Å². The fraction of sp³-hybridized carbons (Fsp3) is 0.444. The molecule has 2 atom stereocenters. The highest BCUT2D eigenvalue weighted by molar-refractivity contribution is 6.14. The van der Waals surface area contributed by atoms with Crippen molar-refractivity contribution < 1.29 is 18.7 Å². The summed E-state index contributed by atoms with van der Waals surface area (Å²) in [6.45, 7) is 7.99. The highest BCUT2D eigenvalue weighted by Gasteiger charge is 2.36. The summed E-state index contributed by atoms with van der Waals surface area (Å²) in [5.74, 6) is -0.222. The number of nitrogens with two attached hydrogens (primary N) is 1. The van der Waals surface area contributed by atoms with E-state index >= 15 is 4.39 Å². The van der Waals surface area contributed by atoms with Gasteiger partial charge in [0.15, 0.2) is 0 Å². The van der Waals surface area contributed by atoms with Crippen molar-refractivity contribution in [3.05, 3.63) is 88.5 Å². The molecule has 1 aliphatic heterocycles. The maximum absolute atomic E-state index is 15.1. The number of likely N-dealkylation sites (tertiary alicyclic amines) is 1. The van der Waals surface area contributed by atoms with Gasteiger partial charge < -0.3 is 20.7 Å². The molecule has 1 saturated heterocycles. The van der Waals surface area contributed by atoms with Crippen LogP contribution in [0.3, 0.4) is 0 Å². The van der Waals surface area contributed by atoms with Crippen LogP contribution in [0.4, 0.5) is 10.1 Å². The predicted molar refractivity (Wildman–Crippen MR) is 180 cm³/mol. The highest BCUT2D eigenvalue weighted by Crippen LogP contribution is 2.28. The molecule has 4 rings (SSSR count). The molecule has 1 aliphatic rings. The summed E-state index contributed by atoms with van der Waals surface area (Å²) in [5, 5.41) is 11.9. The van der Waals surface area contributed by atoms with E-state index in [0.717, 1.165) is 31.4 Å². The van der Waals surface area contributed by atoms with Gasteiger partial charge in [0.25, 0.3) is 5.91 Å². The number of hydrogen-bond donors (Lipinski definition) is 3. The van der Waals surface area contributed by atoms with E-state index in [1.54, 1.807) is 48.7 Å². The lowest BCUT2D eigenvalue weighted by molar-refractivity contribution is -0.139. The second kappa shape index (κ2) is 16.3. The first-order chi connectivity index (χ1) is 22.2. The Balaban J connectivity index is 1.56. The van der Waals surface area contributed by atoms with E-state index in [1.807, 2.05) is 16.7 Å². The van der Waals surface area contributed by atoms with Crippen molar-refractivity contribution in [2.45, 2.75) is 77.9 Å². The Labute approximate surface area is 271 Å². The van der Waals surface area contributed by atoms with Gasteiger partial charge in [-0.3, -0.25) is 24.9 Å². The van der Waals surface area contributed by atoms with Crippen LogP contribution < -0.4 is 15.8 Å². The summed E-state index contributed by atoms with van der Waals surface area (Å²) in [6, 6.07) is 12.5. The van der Waals surface area contributed by atoms with Crippen LogP contribution in [0, 0.1) is 18.2 Å². The van der Waals surface area contributed by atoms with Gasteiger partial charge in [0.1, 0.15) is 11.6 Å². The van der Waals surface area contributed by atoms with Crippen molar-refractivity contribution in [1.82, 2.24) is 20.1 Å². The Bertz CT molecular complexity index is 1520. The molecule has 0 radical (unpaired) electrons. The van der Waals surface area contributed by atoms with E-state index in [0.29, 0.717) is 66.2 Å². The van der Waals surface area contributed by atoms with Crippen LogP contribution in [0.2, 0.25) is 0 Å². The van der Waals surface area contributed by atoms with E-state index in [1.165, 1.54) is 13.2 Å². The first-order valence-corrected chi connectivity index (χ1v) is 16.2. The lowest BCUT2D eigenvalue weighted by atomic mass is 9.95. The number of amides is 2. The van der Waals surface area contributed by atoms with Gasteiger partial charge in [0.2, 0.25) is 5.91 Å². The molecule has 2 amide bonds. The number of hydrogen-bond acceptors (Lipinski definition) is 7. The number of carbonyl (C=O) groups excluding carboxylic acids is 2. The number of aromatic nitrogens is 1. The predicted octanol–water partition coefficient (Wildman–Crippen LogP) is 5.73. The van der Waals surface area contributed by atoms with E-state index < -0.39 is 11.9 Å². The SMILES string of the molecule is CCCCN(CCCC)C(=O)[C@@H]1CC[C@@H](NC(=O)c2ccc(N)c(C(=N)c3ccnc(C)c3)c2)CN1Cc1c(F)cccc1OC. The standard InChI is InChI=1S/C36H47FN6O3/c1-5-7-18-42(19-8-6-2)36(45)32-15-13-27(22-43(32)23-29-30(37)10-9-11-33(29)46-4)41-35(44)26-12-14-31(38)28(21-26)34(39)25-16-17-40-24(3)20-25/h9-12,14,16-17,20-21,27,32,39H,5-8,13,15,18-19,22-23,38H2,1-4H3,(H,41,44)/t27-,32+/m1/s1. The summed E-state index contributed by atoms with van der Waals surface area (Å²) in [7, 11) is 1.51. The average molecular weight is 631 g/mol. The number of rotatable bonds is 14. The molecule has 246 valence electrons. The molecule has 0 bridgehead atoms. The van der Waals surface area contributed by atoms with Gasteiger partial charge in [-0.25, -0.2) is 4.39 Å². The summed E-state index contributed by atoms with van der Waals surface area (Å²) < 4.78 is 20.6. The minimum Gasteiger partial charge on any atom is -0.496 e. The quantitative estimate of drug-likeness (QED) is 0.154. The Kier molecular flexibility index (Phi) is 12.3. The normalized spacial score (nSPS) is 16.5. The molecular formula is C36H47FN6O3. The number of halogens is 1. The largest absolute Gasteiger partial charge is 0.496 e. The Morgan fingerprint density at radius 3 is 2.50 bits per heavy atom. The fourth-order valence-electron chi connectivity index (χ4n) is 5.98. The van der Waals surface area contributed by atoms with Gasteiger partial charge >= 0.3 is 0 Å². The van der Waals surface area contributed by atoms with Crippen molar-refractivity contribution in [2.24, 2.45) is 0 Å². The molecule has 0 saturated carbocycles.